The highest BCUT2D eigenvalue weighted by Crippen LogP contribution is 2.38. The molecule has 2 aromatic rings. The molecule has 5 nitrogen and oxygen atoms in total. The van der Waals surface area contributed by atoms with E-state index in [-0.39, 0.29) is 17.9 Å². The van der Waals surface area contributed by atoms with Gasteiger partial charge in [-0.25, -0.2) is 0 Å². The molecule has 2 aromatic carbocycles. The fourth-order valence-electron chi connectivity index (χ4n) is 2.73. The van der Waals surface area contributed by atoms with E-state index in [0.717, 1.165) is 5.56 Å². The number of carbonyl (C=O) groups is 1. The number of hydrogen-bond acceptors (Lipinski definition) is 4. The molecule has 1 amide bonds. The van der Waals surface area contributed by atoms with Crippen LogP contribution in [-0.4, -0.2) is 27.2 Å². The standard InChI is InChI=1S/C20H25NO4/c1-13(2)18(14-9-7-6-8-10-14)21-20(22)15-11-16(23-3)19(25-5)17(12-15)24-4/h6-13,18H,1-5H3,(H,21,22). The first-order chi connectivity index (χ1) is 12.0. The lowest BCUT2D eigenvalue weighted by molar-refractivity contribution is 0.0924. The van der Waals surface area contributed by atoms with Crippen LogP contribution in [-0.2, 0) is 0 Å². The third-order valence-corrected chi connectivity index (χ3v) is 4.04. The van der Waals surface area contributed by atoms with Gasteiger partial charge in [0.2, 0.25) is 5.75 Å². The van der Waals surface area contributed by atoms with Crippen LogP contribution >= 0.6 is 0 Å². The Kier molecular flexibility index (Phi) is 6.28. The average Bonchev–Trinajstić information content (AvgIpc) is 2.64. The van der Waals surface area contributed by atoms with E-state index in [1.54, 1.807) is 12.1 Å². The Morgan fingerprint density at radius 1 is 0.920 bits per heavy atom. The van der Waals surface area contributed by atoms with Crippen molar-refractivity contribution in [3.63, 3.8) is 0 Å². The van der Waals surface area contributed by atoms with Crippen LogP contribution in [0.5, 0.6) is 17.2 Å². The number of nitrogens with one attached hydrogen (secondary N) is 1. The van der Waals surface area contributed by atoms with E-state index < -0.39 is 0 Å². The van der Waals surface area contributed by atoms with Gasteiger partial charge < -0.3 is 19.5 Å². The van der Waals surface area contributed by atoms with Crippen molar-refractivity contribution in [1.82, 2.24) is 5.32 Å². The molecule has 134 valence electrons. The second kappa shape index (κ2) is 8.42. The van der Waals surface area contributed by atoms with Gasteiger partial charge in [0.05, 0.1) is 27.4 Å². The largest absolute Gasteiger partial charge is 0.493 e. The molecule has 0 spiro atoms. The van der Waals surface area contributed by atoms with E-state index in [1.165, 1.54) is 21.3 Å². The van der Waals surface area contributed by atoms with Crippen molar-refractivity contribution in [3.8, 4) is 17.2 Å². The lowest BCUT2D eigenvalue weighted by Gasteiger charge is -2.23. The monoisotopic (exact) mass is 343 g/mol. The summed E-state index contributed by atoms with van der Waals surface area (Å²) in [5, 5.41) is 3.10. The van der Waals surface area contributed by atoms with E-state index in [4.69, 9.17) is 14.2 Å². The van der Waals surface area contributed by atoms with Crippen LogP contribution in [0.4, 0.5) is 0 Å². The molecule has 0 aliphatic carbocycles. The zero-order chi connectivity index (χ0) is 18.4. The number of rotatable bonds is 7. The highest BCUT2D eigenvalue weighted by atomic mass is 16.5. The predicted molar refractivity (Wildman–Crippen MR) is 97.6 cm³/mol. The molecule has 0 bridgehead atoms. The number of ether oxygens (including phenoxy) is 3. The van der Waals surface area contributed by atoms with Crippen LogP contribution in [0.25, 0.3) is 0 Å². The van der Waals surface area contributed by atoms with Crippen molar-refractivity contribution < 1.29 is 19.0 Å². The van der Waals surface area contributed by atoms with Crippen molar-refractivity contribution in [2.45, 2.75) is 19.9 Å². The minimum atomic E-state index is -0.193. The van der Waals surface area contributed by atoms with Gasteiger partial charge in [0, 0.05) is 5.56 Å². The summed E-state index contributed by atoms with van der Waals surface area (Å²) in [6, 6.07) is 13.1. The summed E-state index contributed by atoms with van der Waals surface area (Å²) in [6.07, 6.45) is 0. The zero-order valence-electron chi connectivity index (χ0n) is 15.3. The molecule has 0 saturated heterocycles. The molecule has 0 aliphatic heterocycles. The summed E-state index contributed by atoms with van der Waals surface area (Å²) in [7, 11) is 4.59. The van der Waals surface area contributed by atoms with Crippen molar-refractivity contribution in [2.24, 2.45) is 5.92 Å². The van der Waals surface area contributed by atoms with Gasteiger partial charge in [0.15, 0.2) is 11.5 Å². The van der Waals surface area contributed by atoms with Crippen molar-refractivity contribution in [2.75, 3.05) is 21.3 Å². The SMILES string of the molecule is COc1cc(C(=O)NC(c2ccccc2)C(C)C)cc(OC)c1OC. The summed E-state index contributed by atoms with van der Waals surface area (Å²) in [6.45, 7) is 4.15. The number of carbonyl (C=O) groups excluding carboxylic acids is 1. The summed E-state index contributed by atoms with van der Waals surface area (Å²) >= 11 is 0. The Balaban J connectivity index is 2.33. The van der Waals surface area contributed by atoms with E-state index >= 15 is 0 Å². The van der Waals surface area contributed by atoms with Gasteiger partial charge >= 0.3 is 0 Å². The fourth-order valence-corrected chi connectivity index (χ4v) is 2.73. The van der Waals surface area contributed by atoms with E-state index in [1.807, 2.05) is 30.3 Å². The van der Waals surface area contributed by atoms with E-state index in [2.05, 4.69) is 19.2 Å². The molecule has 25 heavy (non-hydrogen) atoms. The Hall–Kier alpha value is -2.69. The van der Waals surface area contributed by atoms with Gasteiger partial charge in [-0.15, -0.1) is 0 Å². The highest BCUT2D eigenvalue weighted by Gasteiger charge is 2.21. The molecule has 5 heteroatoms. The Morgan fingerprint density at radius 3 is 1.92 bits per heavy atom. The van der Waals surface area contributed by atoms with Gasteiger partial charge in [0.1, 0.15) is 0 Å². The van der Waals surface area contributed by atoms with Crippen molar-refractivity contribution >= 4 is 5.91 Å². The molecule has 2 rings (SSSR count). The van der Waals surface area contributed by atoms with Gasteiger partial charge in [-0.2, -0.15) is 0 Å². The Morgan fingerprint density at radius 2 is 1.48 bits per heavy atom. The third-order valence-electron chi connectivity index (χ3n) is 4.04. The van der Waals surface area contributed by atoms with Gasteiger partial charge in [-0.1, -0.05) is 44.2 Å². The fraction of sp³-hybridized carbons (Fsp3) is 0.350. The second-order valence-electron chi connectivity index (χ2n) is 6.02. The first kappa shape index (κ1) is 18.6. The van der Waals surface area contributed by atoms with Crippen LogP contribution in [0.2, 0.25) is 0 Å². The summed E-state index contributed by atoms with van der Waals surface area (Å²) in [4.78, 5) is 12.8. The second-order valence-corrected chi connectivity index (χ2v) is 6.02. The number of benzene rings is 2. The average molecular weight is 343 g/mol. The highest BCUT2D eigenvalue weighted by molar-refractivity contribution is 5.96. The molecule has 0 aliphatic rings. The van der Waals surface area contributed by atoms with Gasteiger partial charge in [-0.3, -0.25) is 4.79 Å². The van der Waals surface area contributed by atoms with Crippen molar-refractivity contribution in [1.29, 1.82) is 0 Å². The Bertz CT molecular complexity index is 688. The number of amides is 1. The Labute approximate surface area is 148 Å². The lowest BCUT2D eigenvalue weighted by Crippen LogP contribution is -2.31. The minimum Gasteiger partial charge on any atom is -0.493 e. The van der Waals surface area contributed by atoms with Gasteiger partial charge in [-0.05, 0) is 23.6 Å². The predicted octanol–water partition coefficient (Wildman–Crippen LogP) is 3.84. The van der Waals surface area contributed by atoms with Crippen molar-refractivity contribution in [3.05, 3.63) is 53.6 Å². The van der Waals surface area contributed by atoms with E-state index in [9.17, 15) is 4.79 Å². The molecule has 1 atom stereocenters. The van der Waals surface area contributed by atoms with Crippen LogP contribution in [0, 0.1) is 5.92 Å². The maximum Gasteiger partial charge on any atom is 0.252 e. The molecular weight excluding hydrogens is 318 g/mol. The molecule has 0 fully saturated rings. The molecule has 0 saturated carbocycles. The summed E-state index contributed by atoms with van der Waals surface area (Å²) in [5.41, 5.74) is 1.52. The van der Waals surface area contributed by atoms with E-state index in [0.29, 0.717) is 22.8 Å². The lowest BCUT2D eigenvalue weighted by atomic mass is 9.95. The van der Waals surface area contributed by atoms with Gasteiger partial charge in [0.25, 0.3) is 5.91 Å². The van der Waals surface area contributed by atoms with Crippen LogP contribution in [0.1, 0.15) is 35.8 Å². The maximum atomic E-state index is 12.8. The van der Waals surface area contributed by atoms with Crippen LogP contribution < -0.4 is 19.5 Å². The quantitative estimate of drug-likeness (QED) is 0.830. The molecule has 1 unspecified atom stereocenters. The summed E-state index contributed by atoms with van der Waals surface area (Å²) < 4.78 is 15.9. The maximum absolute atomic E-state index is 12.8. The molecule has 1 N–H and O–H groups in total. The minimum absolute atomic E-state index is 0.0900. The molecular formula is C20H25NO4. The summed E-state index contributed by atoms with van der Waals surface area (Å²) in [5.74, 6) is 1.42. The number of methoxy groups -OCH3 is 3. The number of hydrogen-bond donors (Lipinski definition) is 1. The zero-order valence-corrected chi connectivity index (χ0v) is 15.3. The first-order valence-corrected chi connectivity index (χ1v) is 8.17. The third kappa shape index (κ3) is 4.24. The normalized spacial score (nSPS) is 11.8. The van der Waals surface area contributed by atoms with Crippen LogP contribution in [0.15, 0.2) is 42.5 Å². The molecule has 0 aromatic heterocycles. The van der Waals surface area contributed by atoms with Crippen LogP contribution in [0.3, 0.4) is 0 Å². The molecule has 0 radical (unpaired) electrons. The molecule has 0 heterocycles. The topological polar surface area (TPSA) is 56.8 Å². The smallest absolute Gasteiger partial charge is 0.252 e. The first-order valence-electron chi connectivity index (χ1n) is 8.17.